The van der Waals surface area contributed by atoms with E-state index in [-0.39, 0.29) is 5.91 Å². The van der Waals surface area contributed by atoms with E-state index in [4.69, 9.17) is 0 Å². The minimum absolute atomic E-state index is 0.0435. The second-order valence-corrected chi connectivity index (χ2v) is 5.94. The smallest absolute Gasteiger partial charge is 0.227 e. The van der Waals surface area contributed by atoms with Crippen molar-refractivity contribution in [3.05, 3.63) is 34.3 Å². The predicted molar refractivity (Wildman–Crippen MR) is 76.4 cm³/mol. The molecular weight excluding hydrogens is 294 g/mol. The summed E-state index contributed by atoms with van der Waals surface area (Å²) in [6, 6.07) is 7.71. The second-order valence-electron chi connectivity index (χ2n) is 5.02. The van der Waals surface area contributed by atoms with Crippen LogP contribution in [-0.2, 0) is 11.2 Å². The van der Waals surface area contributed by atoms with E-state index in [2.05, 4.69) is 15.9 Å². The zero-order chi connectivity index (χ0) is 13.8. The molecule has 0 atom stereocenters. The molecule has 0 aliphatic heterocycles. The summed E-state index contributed by atoms with van der Waals surface area (Å²) in [6.45, 7) is 6.31. The van der Waals surface area contributed by atoms with Crippen LogP contribution in [0.5, 0.6) is 0 Å². The molecule has 0 saturated heterocycles. The number of aliphatic hydroxyl groups is 1. The van der Waals surface area contributed by atoms with Crippen molar-refractivity contribution in [2.45, 2.75) is 32.8 Å². The SMILES string of the molecule is CCN(CC(C)(C)O)C(=O)Cc1ccc(Br)cc1. The van der Waals surface area contributed by atoms with Crippen molar-refractivity contribution in [1.82, 2.24) is 4.90 Å². The molecular formula is C14H20BrNO2. The fraction of sp³-hybridized carbons (Fsp3) is 0.500. The van der Waals surface area contributed by atoms with Gasteiger partial charge >= 0.3 is 0 Å². The molecule has 100 valence electrons. The van der Waals surface area contributed by atoms with Crippen LogP contribution in [0.3, 0.4) is 0 Å². The van der Waals surface area contributed by atoms with Crippen LogP contribution in [0.25, 0.3) is 0 Å². The van der Waals surface area contributed by atoms with E-state index in [1.165, 1.54) is 0 Å². The first-order valence-electron chi connectivity index (χ1n) is 6.06. The van der Waals surface area contributed by atoms with Gasteiger partial charge in [-0.3, -0.25) is 4.79 Å². The van der Waals surface area contributed by atoms with Crippen LogP contribution < -0.4 is 0 Å². The molecule has 1 N–H and O–H groups in total. The normalized spacial score (nSPS) is 11.4. The van der Waals surface area contributed by atoms with Crippen LogP contribution in [0.15, 0.2) is 28.7 Å². The molecule has 0 bridgehead atoms. The highest BCUT2D eigenvalue weighted by molar-refractivity contribution is 9.10. The summed E-state index contributed by atoms with van der Waals surface area (Å²) in [5.41, 5.74) is 0.128. The Hall–Kier alpha value is -0.870. The molecule has 0 aliphatic carbocycles. The molecule has 0 aliphatic rings. The lowest BCUT2D eigenvalue weighted by molar-refractivity contribution is -0.133. The molecule has 0 radical (unpaired) electrons. The number of carbonyl (C=O) groups is 1. The zero-order valence-corrected chi connectivity index (χ0v) is 12.7. The quantitative estimate of drug-likeness (QED) is 0.907. The number of carbonyl (C=O) groups excluding carboxylic acids is 1. The summed E-state index contributed by atoms with van der Waals surface area (Å²) >= 11 is 3.37. The summed E-state index contributed by atoms with van der Waals surface area (Å²) in [5, 5.41) is 9.77. The third-order valence-electron chi connectivity index (χ3n) is 2.58. The third-order valence-corrected chi connectivity index (χ3v) is 3.11. The minimum atomic E-state index is -0.856. The number of nitrogens with zero attached hydrogens (tertiary/aromatic N) is 1. The molecule has 0 fully saturated rings. The lowest BCUT2D eigenvalue weighted by atomic mass is 10.1. The van der Waals surface area contributed by atoms with Gasteiger partial charge in [0.05, 0.1) is 12.0 Å². The van der Waals surface area contributed by atoms with Crippen LogP contribution in [0.4, 0.5) is 0 Å². The molecule has 0 spiro atoms. The fourth-order valence-electron chi connectivity index (χ4n) is 1.73. The topological polar surface area (TPSA) is 40.5 Å². The Bertz CT molecular complexity index is 395. The third kappa shape index (κ3) is 5.19. The average molecular weight is 314 g/mol. The maximum absolute atomic E-state index is 12.1. The predicted octanol–water partition coefficient (Wildman–Crippen LogP) is 2.61. The molecule has 1 rings (SSSR count). The Morgan fingerprint density at radius 2 is 1.89 bits per heavy atom. The molecule has 0 saturated carbocycles. The van der Waals surface area contributed by atoms with Crippen molar-refractivity contribution in [2.75, 3.05) is 13.1 Å². The van der Waals surface area contributed by atoms with E-state index >= 15 is 0 Å². The Morgan fingerprint density at radius 3 is 2.33 bits per heavy atom. The monoisotopic (exact) mass is 313 g/mol. The largest absolute Gasteiger partial charge is 0.389 e. The van der Waals surface area contributed by atoms with Gasteiger partial charge in [-0.2, -0.15) is 0 Å². The van der Waals surface area contributed by atoms with E-state index < -0.39 is 5.60 Å². The van der Waals surface area contributed by atoms with E-state index in [9.17, 15) is 9.90 Å². The van der Waals surface area contributed by atoms with Crippen molar-refractivity contribution in [2.24, 2.45) is 0 Å². The first-order chi connectivity index (χ1) is 8.31. The van der Waals surface area contributed by atoms with Gasteiger partial charge in [-0.25, -0.2) is 0 Å². The molecule has 0 unspecified atom stereocenters. The average Bonchev–Trinajstić information content (AvgIpc) is 2.27. The Morgan fingerprint density at radius 1 is 1.33 bits per heavy atom. The summed E-state index contributed by atoms with van der Waals surface area (Å²) in [7, 11) is 0. The highest BCUT2D eigenvalue weighted by atomic mass is 79.9. The summed E-state index contributed by atoms with van der Waals surface area (Å²) in [4.78, 5) is 13.8. The van der Waals surface area contributed by atoms with Gasteiger partial charge < -0.3 is 10.0 Å². The minimum Gasteiger partial charge on any atom is -0.389 e. The van der Waals surface area contributed by atoms with Gasteiger partial charge in [-0.15, -0.1) is 0 Å². The molecule has 1 amide bonds. The number of rotatable bonds is 5. The lowest BCUT2D eigenvalue weighted by Crippen LogP contribution is -2.42. The van der Waals surface area contributed by atoms with Gasteiger partial charge in [-0.05, 0) is 38.5 Å². The molecule has 4 heteroatoms. The molecule has 1 aromatic carbocycles. The van der Waals surface area contributed by atoms with Gasteiger partial charge in [0, 0.05) is 17.6 Å². The molecule has 18 heavy (non-hydrogen) atoms. The Kier molecular flexibility index (Phi) is 5.35. The van der Waals surface area contributed by atoms with Gasteiger partial charge in [0.15, 0.2) is 0 Å². The number of halogens is 1. The van der Waals surface area contributed by atoms with Gasteiger partial charge in [0.2, 0.25) is 5.91 Å². The maximum Gasteiger partial charge on any atom is 0.227 e. The number of benzene rings is 1. The summed E-state index contributed by atoms with van der Waals surface area (Å²) in [5.74, 6) is 0.0435. The molecule has 0 aromatic heterocycles. The molecule has 0 heterocycles. The van der Waals surface area contributed by atoms with Gasteiger partial charge in [0.1, 0.15) is 0 Å². The molecule has 3 nitrogen and oxygen atoms in total. The fourth-order valence-corrected chi connectivity index (χ4v) is 2.00. The van der Waals surface area contributed by atoms with Gasteiger partial charge in [0.25, 0.3) is 0 Å². The number of hydrogen-bond donors (Lipinski definition) is 1. The van der Waals surface area contributed by atoms with E-state index in [0.717, 1.165) is 10.0 Å². The number of amides is 1. The highest BCUT2D eigenvalue weighted by Crippen LogP contribution is 2.12. The number of likely N-dealkylation sites (N-methyl/N-ethyl adjacent to an activating group) is 1. The zero-order valence-electron chi connectivity index (χ0n) is 11.1. The van der Waals surface area contributed by atoms with E-state index in [1.807, 2.05) is 31.2 Å². The summed E-state index contributed by atoms with van der Waals surface area (Å²) < 4.78 is 1.00. The first-order valence-corrected chi connectivity index (χ1v) is 6.85. The summed E-state index contributed by atoms with van der Waals surface area (Å²) in [6.07, 6.45) is 0.372. The van der Waals surface area contributed by atoms with E-state index in [1.54, 1.807) is 18.7 Å². The van der Waals surface area contributed by atoms with Crippen molar-refractivity contribution in [1.29, 1.82) is 0 Å². The van der Waals surface area contributed by atoms with Crippen molar-refractivity contribution in [3.63, 3.8) is 0 Å². The van der Waals surface area contributed by atoms with Crippen LogP contribution in [-0.4, -0.2) is 34.6 Å². The lowest BCUT2D eigenvalue weighted by Gasteiger charge is -2.28. The number of hydrogen-bond acceptors (Lipinski definition) is 2. The Balaban J connectivity index is 2.65. The van der Waals surface area contributed by atoms with Crippen LogP contribution in [0.2, 0.25) is 0 Å². The van der Waals surface area contributed by atoms with Crippen molar-refractivity contribution < 1.29 is 9.90 Å². The second kappa shape index (κ2) is 6.34. The Labute approximate surface area is 117 Å². The highest BCUT2D eigenvalue weighted by Gasteiger charge is 2.21. The van der Waals surface area contributed by atoms with Crippen LogP contribution >= 0.6 is 15.9 Å². The molecule has 1 aromatic rings. The van der Waals surface area contributed by atoms with E-state index in [0.29, 0.717) is 19.5 Å². The van der Waals surface area contributed by atoms with Crippen LogP contribution in [0, 0.1) is 0 Å². The first kappa shape index (κ1) is 15.2. The van der Waals surface area contributed by atoms with Crippen LogP contribution in [0.1, 0.15) is 26.3 Å². The van der Waals surface area contributed by atoms with Gasteiger partial charge in [-0.1, -0.05) is 28.1 Å². The van der Waals surface area contributed by atoms with Crippen molar-refractivity contribution >= 4 is 21.8 Å². The maximum atomic E-state index is 12.1. The van der Waals surface area contributed by atoms with Crippen molar-refractivity contribution in [3.8, 4) is 0 Å². The standard InChI is InChI=1S/C14H20BrNO2/c1-4-16(10-14(2,3)18)13(17)9-11-5-7-12(15)8-6-11/h5-8,18H,4,9-10H2,1-3H3.